The molecule has 1 saturated heterocycles. The summed E-state index contributed by atoms with van der Waals surface area (Å²) in [5.74, 6) is 1.28. The highest BCUT2D eigenvalue weighted by atomic mass is 35.5. The van der Waals surface area contributed by atoms with E-state index < -0.39 is 0 Å². The van der Waals surface area contributed by atoms with E-state index in [4.69, 9.17) is 17.3 Å². The van der Waals surface area contributed by atoms with E-state index in [0.29, 0.717) is 11.3 Å². The van der Waals surface area contributed by atoms with Crippen LogP contribution in [0.25, 0.3) is 0 Å². The standard InChI is InChI=1S/C10H14ClNS2/c11-10-4-3-7(14-10)6-8(12)9-2-1-5-13-9/h3-4,8-9H,1-2,5-6,12H2. The van der Waals surface area contributed by atoms with E-state index in [0.717, 1.165) is 10.8 Å². The monoisotopic (exact) mass is 247 g/mol. The molecule has 1 aliphatic heterocycles. The number of halogens is 1. The molecule has 0 amide bonds. The van der Waals surface area contributed by atoms with Crippen molar-refractivity contribution in [1.82, 2.24) is 0 Å². The predicted octanol–water partition coefficient (Wildman–Crippen LogP) is 3.17. The smallest absolute Gasteiger partial charge is 0.0931 e. The molecule has 4 heteroatoms. The largest absolute Gasteiger partial charge is 0.326 e. The van der Waals surface area contributed by atoms with Crippen molar-refractivity contribution in [1.29, 1.82) is 0 Å². The van der Waals surface area contributed by atoms with Crippen molar-refractivity contribution < 1.29 is 0 Å². The Morgan fingerprint density at radius 2 is 2.43 bits per heavy atom. The van der Waals surface area contributed by atoms with Gasteiger partial charge in [0.05, 0.1) is 4.34 Å². The molecule has 2 rings (SSSR count). The van der Waals surface area contributed by atoms with Crippen molar-refractivity contribution in [2.24, 2.45) is 5.73 Å². The number of hydrogen-bond donors (Lipinski definition) is 1. The Bertz CT molecular complexity index is 294. The lowest BCUT2D eigenvalue weighted by Crippen LogP contribution is -2.32. The molecule has 2 heterocycles. The van der Waals surface area contributed by atoms with Crippen LogP contribution in [-0.4, -0.2) is 17.0 Å². The fourth-order valence-corrected chi connectivity index (χ4v) is 4.24. The molecule has 1 aliphatic rings. The lowest BCUT2D eigenvalue weighted by molar-refractivity contribution is 0.613. The van der Waals surface area contributed by atoms with Gasteiger partial charge in [0.25, 0.3) is 0 Å². The fraction of sp³-hybridized carbons (Fsp3) is 0.600. The average Bonchev–Trinajstić information content (AvgIpc) is 2.75. The van der Waals surface area contributed by atoms with Crippen LogP contribution in [0.15, 0.2) is 12.1 Å². The van der Waals surface area contributed by atoms with Crippen molar-refractivity contribution in [2.45, 2.75) is 30.6 Å². The van der Waals surface area contributed by atoms with E-state index in [2.05, 4.69) is 6.07 Å². The summed E-state index contributed by atoms with van der Waals surface area (Å²) in [4.78, 5) is 1.31. The molecular formula is C10H14ClNS2. The lowest BCUT2D eigenvalue weighted by atomic mass is 10.1. The first kappa shape index (κ1) is 10.8. The van der Waals surface area contributed by atoms with Crippen LogP contribution in [0.4, 0.5) is 0 Å². The molecule has 0 aromatic carbocycles. The minimum absolute atomic E-state index is 0.303. The maximum Gasteiger partial charge on any atom is 0.0931 e. The Morgan fingerprint density at radius 1 is 1.57 bits per heavy atom. The molecule has 14 heavy (non-hydrogen) atoms. The summed E-state index contributed by atoms with van der Waals surface area (Å²) in [6.45, 7) is 0. The summed E-state index contributed by atoms with van der Waals surface area (Å²) in [5.41, 5.74) is 6.16. The highest BCUT2D eigenvalue weighted by molar-refractivity contribution is 8.00. The molecule has 1 fully saturated rings. The summed E-state index contributed by atoms with van der Waals surface area (Å²) in [6.07, 6.45) is 3.59. The summed E-state index contributed by atoms with van der Waals surface area (Å²) in [7, 11) is 0. The van der Waals surface area contributed by atoms with Crippen LogP contribution >= 0.6 is 34.7 Å². The highest BCUT2D eigenvalue weighted by Gasteiger charge is 2.22. The highest BCUT2D eigenvalue weighted by Crippen LogP contribution is 2.30. The van der Waals surface area contributed by atoms with Crippen LogP contribution in [0.5, 0.6) is 0 Å². The van der Waals surface area contributed by atoms with Crippen LogP contribution in [0.3, 0.4) is 0 Å². The zero-order chi connectivity index (χ0) is 9.97. The first-order chi connectivity index (χ1) is 6.75. The lowest BCUT2D eigenvalue weighted by Gasteiger charge is -2.16. The van der Waals surface area contributed by atoms with Gasteiger partial charge in [-0.1, -0.05) is 11.6 Å². The van der Waals surface area contributed by atoms with Gasteiger partial charge in [0.15, 0.2) is 0 Å². The van der Waals surface area contributed by atoms with Crippen molar-refractivity contribution in [3.05, 3.63) is 21.3 Å². The maximum atomic E-state index is 6.16. The summed E-state index contributed by atoms with van der Waals surface area (Å²) in [5, 5.41) is 0.663. The van der Waals surface area contributed by atoms with Crippen molar-refractivity contribution in [3.63, 3.8) is 0 Å². The molecule has 0 radical (unpaired) electrons. The number of hydrogen-bond acceptors (Lipinski definition) is 3. The topological polar surface area (TPSA) is 26.0 Å². The summed E-state index contributed by atoms with van der Waals surface area (Å²) in [6, 6.07) is 4.35. The van der Waals surface area contributed by atoms with Gasteiger partial charge in [-0.25, -0.2) is 0 Å². The molecule has 1 nitrogen and oxygen atoms in total. The first-order valence-corrected chi connectivity index (χ1v) is 7.11. The molecule has 2 unspecified atom stereocenters. The third-order valence-electron chi connectivity index (χ3n) is 2.51. The SMILES string of the molecule is NC(Cc1ccc(Cl)s1)C1CCCS1. The van der Waals surface area contributed by atoms with Gasteiger partial charge in [-0.3, -0.25) is 0 Å². The van der Waals surface area contributed by atoms with Crippen molar-refractivity contribution in [3.8, 4) is 0 Å². The van der Waals surface area contributed by atoms with Gasteiger partial charge in [-0.05, 0) is 37.1 Å². The van der Waals surface area contributed by atoms with Crippen molar-refractivity contribution >= 4 is 34.7 Å². The van der Waals surface area contributed by atoms with Crippen LogP contribution in [-0.2, 0) is 6.42 Å². The number of nitrogens with two attached hydrogens (primary N) is 1. The molecule has 1 aromatic heterocycles. The normalized spacial score (nSPS) is 24.0. The summed E-state index contributed by atoms with van der Waals surface area (Å²) < 4.78 is 0.867. The minimum Gasteiger partial charge on any atom is -0.326 e. The predicted molar refractivity (Wildman–Crippen MR) is 66.5 cm³/mol. The Morgan fingerprint density at radius 3 is 3.00 bits per heavy atom. The van der Waals surface area contributed by atoms with Gasteiger partial charge < -0.3 is 5.73 Å². The van der Waals surface area contributed by atoms with E-state index in [-0.39, 0.29) is 0 Å². The Balaban J connectivity index is 1.90. The van der Waals surface area contributed by atoms with Gasteiger partial charge in [-0.15, -0.1) is 11.3 Å². The van der Waals surface area contributed by atoms with Gasteiger partial charge in [0.2, 0.25) is 0 Å². The first-order valence-electron chi connectivity index (χ1n) is 4.87. The van der Waals surface area contributed by atoms with E-state index in [1.165, 1.54) is 23.5 Å². The second kappa shape index (κ2) is 4.88. The molecule has 0 spiro atoms. The third kappa shape index (κ3) is 2.66. The minimum atomic E-state index is 0.303. The quantitative estimate of drug-likeness (QED) is 0.888. The van der Waals surface area contributed by atoms with Crippen LogP contribution in [0.1, 0.15) is 17.7 Å². The Kier molecular flexibility index (Phi) is 3.77. The van der Waals surface area contributed by atoms with E-state index >= 15 is 0 Å². The molecule has 1 aromatic rings. The van der Waals surface area contributed by atoms with Crippen molar-refractivity contribution in [2.75, 3.05) is 5.75 Å². The third-order valence-corrected chi connectivity index (χ3v) is 5.30. The molecular weight excluding hydrogens is 234 g/mol. The number of thioether (sulfide) groups is 1. The second-order valence-electron chi connectivity index (χ2n) is 3.63. The molecule has 0 bridgehead atoms. The van der Waals surface area contributed by atoms with E-state index in [9.17, 15) is 0 Å². The maximum absolute atomic E-state index is 6.16. The van der Waals surface area contributed by atoms with Crippen LogP contribution < -0.4 is 5.73 Å². The van der Waals surface area contributed by atoms with Gasteiger partial charge in [-0.2, -0.15) is 11.8 Å². The van der Waals surface area contributed by atoms with Crippen LogP contribution in [0, 0.1) is 0 Å². The van der Waals surface area contributed by atoms with Crippen LogP contribution in [0.2, 0.25) is 4.34 Å². The Labute approximate surface area is 98.0 Å². The summed E-state index contributed by atoms with van der Waals surface area (Å²) >= 11 is 9.55. The molecule has 78 valence electrons. The van der Waals surface area contributed by atoms with Gasteiger partial charge >= 0.3 is 0 Å². The fourth-order valence-electron chi connectivity index (χ4n) is 1.77. The average molecular weight is 248 g/mol. The van der Waals surface area contributed by atoms with Gasteiger partial charge in [0, 0.05) is 16.2 Å². The molecule has 2 N–H and O–H groups in total. The molecule has 0 aliphatic carbocycles. The number of rotatable bonds is 3. The zero-order valence-electron chi connectivity index (χ0n) is 7.91. The second-order valence-corrected chi connectivity index (χ2v) is 6.77. The zero-order valence-corrected chi connectivity index (χ0v) is 10.3. The number of thiophene rings is 1. The molecule has 2 atom stereocenters. The molecule has 0 saturated carbocycles. The van der Waals surface area contributed by atoms with E-state index in [1.807, 2.05) is 17.8 Å². The Hall–Kier alpha value is 0.300. The van der Waals surface area contributed by atoms with Gasteiger partial charge in [0.1, 0.15) is 0 Å². The van der Waals surface area contributed by atoms with E-state index in [1.54, 1.807) is 11.3 Å².